The molecule has 2 aromatic carbocycles. The number of fused-ring (bicyclic) bond motifs is 4. The Morgan fingerprint density at radius 2 is 2.07 bits per heavy atom. The number of allylic oxidation sites excluding steroid dienone is 4. The van der Waals surface area contributed by atoms with Gasteiger partial charge >= 0.3 is 11.9 Å². The Morgan fingerprint density at radius 1 is 1.27 bits per heavy atom. The number of ether oxygens (including phenoxy) is 1. The molecule has 0 fully saturated rings. The molecule has 0 bridgehead atoms. The second-order valence-corrected chi connectivity index (χ2v) is 10.0. The number of furan rings is 1. The number of carboxylic acids is 1. The molecule has 1 atom stereocenters. The maximum atomic E-state index is 15.2. The number of Topliss-reactive ketones (excluding diaryl/α,β-unsaturated/α-hetero) is 1. The summed E-state index contributed by atoms with van der Waals surface area (Å²) in [7, 11) is 0. The number of hydrogen-bond donors (Lipinski definition) is 2. The summed E-state index contributed by atoms with van der Waals surface area (Å²) in [5.41, 5.74) is 6.91. The third kappa shape index (κ3) is 4.47. The highest BCUT2D eigenvalue weighted by Gasteiger charge is 2.31. The van der Waals surface area contributed by atoms with E-state index in [4.69, 9.17) is 26.5 Å². The molecule has 1 aliphatic carbocycles. The largest absolute Gasteiger partial charge is 0.477 e. The first-order valence-electron chi connectivity index (χ1n) is 12.6. The third-order valence-corrected chi connectivity index (χ3v) is 7.25. The quantitative estimate of drug-likeness (QED) is 0.151. The molecule has 3 heterocycles. The van der Waals surface area contributed by atoms with Gasteiger partial charge in [-0.25, -0.2) is 19.0 Å². The molecule has 6 rings (SSSR count). The summed E-state index contributed by atoms with van der Waals surface area (Å²) in [6, 6.07) is 8.38. The van der Waals surface area contributed by atoms with Gasteiger partial charge in [0.1, 0.15) is 34.0 Å². The summed E-state index contributed by atoms with van der Waals surface area (Å²) in [5.74, 6) is -2.57. The van der Waals surface area contributed by atoms with E-state index in [1.807, 2.05) is 0 Å². The van der Waals surface area contributed by atoms with Crippen LogP contribution in [0.4, 0.5) is 4.39 Å². The number of rotatable bonds is 6. The fourth-order valence-electron chi connectivity index (χ4n) is 5.04. The van der Waals surface area contributed by atoms with Gasteiger partial charge in [-0.15, -0.1) is 0 Å². The second-order valence-electron chi connectivity index (χ2n) is 9.67. The molecule has 3 N–H and O–H groups in total. The summed E-state index contributed by atoms with van der Waals surface area (Å²) in [6.07, 6.45) is 6.32. The van der Waals surface area contributed by atoms with E-state index in [2.05, 4.69) is 4.98 Å². The van der Waals surface area contributed by atoms with Crippen LogP contribution in [-0.2, 0) is 16.1 Å². The number of nitrogens with two attached hydrogens (primary N) is 1. The third-order valence-electron chi connectivity index (χ3n) is 6.93. The van der Waals surface area contributed by atoms with Gasteiger partial charge in [0.15, 0.2) is 5.78 Å². The molecule has 0 amide bonds. The summed E-state index contributed by atoms with van der Waals surface area (Å²) in [5, 5.41) is 11.6. The Bertz CT molecular complexity index is 2000. The molecule has 0 radical (unpaired) electrons. The van der Waals surface area contributed by atoms with Crippen LogP contribution in [0, 0.1) is 5.82 Å². The van der Waals surface area contributed by atoms with Crippen LogP contribution in [0.15, 0.2) is 65.3 Å². The van der Waals surface area contributed by atoms with Crippen molar-refractivity contribution in [2.24, 2.45) is 5.73 Å². The summed E-state index contributed by atoms with van der Waals surface area (Å²) >= 11 is 6.57. The van der Waals surface area contributed by atoms with Crippen LogP contribution in [0.3, 0.4) is 0 Å². The number of esters is 1. The van der Waals surface area contributed by atoms with Gasteiger partial charge in [-0.1, -0.05) is 29.8 Å². The number of carboxylic acid groups (broad SMARTS) is 1. The standard InChI is InChI=1S/C30H21ClFN3O6/c1-14(33)30(39)41-17-7-6-15-10-16(28(31)34-21(15)11-17)13-35-22-12-20(32)18-8-9-40-27(18)25(22)24(26(35)29(37)38)19-4-2-3-5-23(19)36/h2-4,6-12,14H,5,13,33H2,1H3,(H,37,38)/t14-/m1/s1. The lowest BCUT2D eigenvalue weighted by molar-refractivity contribution is -0.135. The molecule has 206 valence electrons. The van der Waals surface area contributed by atoms with Crippen molar-refractivity contribution in [1.82, 2.24) is 9.55 Å². The molecule has 5 aromatic rings. The van der Waals surface area contributed by atoms with Crippen LogP contribution < -0.4 is 10.5 Å². The van der Waals surface area contributed by atoms with Crippen molar-refractivity contribution < 1.29 is 33.0 Å². The Morgan fingerprint density at radius 3 is 2.80 bits per heavy atom. The molecule has 3 aromatic heterocycles. The smallest absolute Gasteiger partial charge is 0.353 e. The minimum Gasteiger partial charge on any atom is -0.477 e. The summed E-state index contributed by atoms with van der Waals surface area (Å²) in [4.78, 5) is 42.0. The monoisotopic (exact) mass is 573 g/mol. The van der Waals surface area contributed by atoms with E-state index in [0.29, 0.717) is 21.9 Å². The topological polar surface area (TPSA) is 138 Å². The number of halogens is 2. The van der Waals surface area contributed by atoms with Crippen LogP contribution in [0.5, 0.6) is 5.75 Å². The maximum absolute atomic E-state index is 15.2. The highest BCUT2D eigenvalue weighted by atomic mass is 35.5. The minimum atomic E-state index is -1.31. The molecular weight excluding hydrogens is 553 g/mol. The van der Waals surface area contributed by atoms with Gasteiger partial charge in [-0.2, -0.15) is 0 Å². The van der Waals surface area contributed by atoms with Crippen LogP contribution >= 0.6 is 11.6 Å². The summed E-state index contributed by atoms with van der Waals surface area (Å²) in [6.45, 7) is 1.40. The van der Waals surface area contributed by atoms with Crippen molar-refractivity contribution in [1.29, 1.82) is 0 Å². The molecule has 41 heavy (non-hydrogen) atoms. The van der Waals surface area contributed by atoms with Gasteiger partial charge in [-0.05, 0) is 37.3 Å². The van der Waals surface area contributed by atoms with Gasteiger partial charge in [0.05, 0.1) is 34.6 Å². The van der Waals surface area contributed by atoms with Crippen LogP contribution in [0.1, 0.15) is 35.0 Å². The number of hydrogen-bond acceptors (Lipinski definition) is 7. The molecular formula is C30H21ClFN3O6. The molecule has 0 aliphatic heterocycles. The predicted octanol–water partition coefficient (Wildman–Crippen LogP) is 5.64. The molecule has 1 aliphatic rings. The number of nitrogens with zero attached hydrogens (tertiary/aromatic N) is 2. The fraction of sp³-hybridized carbons (Fsp3) is 0.133. The van der Waals surface area contributed by atoms with E-state index in [1.165, 1.54) is 36.0 Å². The number of pyridine rings is 1. The number of carbonyl (C=O) groups excluding carboxylic acids is 2. The zero-order chi connectivity index (χ0) is 29.0. The van der Waals surface area contributed by atoms with E-state index in [1.54, 1.807) is 36.4 Å². The first kappa shape index (κ1) is 26.4. The highest BCUT2D eigenvalue weighted by Crippen LogP contribution is 2.40. The molecule has 11 heteroatoms. The first-order valence-corrected chi connectivity index (χ1v) is 12.9. The SMILES string of the molecule is C[C@@H](N)C(=O)Oc1ccc2cc(Cn3c(C(=O)O)c(C4=CC=CCC4=O)c4c5occc5c(F)cc43)c(Cl)nc2c1. The zero-order valence-corrected chi connectivity index (χ0v) is 22.2. The van der Waals surface area contributed by atoms with E-state index in [9.17, 15) is 19.5 Å². The second kappa shape index (κ2) is 9.99. The zero-order valence-electron chi connectivity index (χ0n) is 21.5. The van der Waals surface area contributed by atoms with Crippen molar-refractivity contribution in [2.75, 3.05) is 0 Å². The fourth-order valence-corrected chi connectivity index (χ4v) is 5.25. The lowest BCUT2D eigenvalue weighted by atomic mass is 9.93. The molecule has 9 nitrogen and oxygen atoms in total. The molecule has 0 saturated carbocycles. The number of aromatic nitrogens is 2. The number of aromatic carboxylic acids is 1. The van der Waals surface area contributed by atoms with Crippen LogP contribution in [0.2, 0.25) is 5.15 Å². The normalized spacial score (nSPS) is 14.1. The van der Waals surface area contributed by atoms with Gasteiger partial charge in [0.2, 0.25) is 0 Å². The lowest BCUT2D eigenvalue weighted by Gasteiger charge is -2.13. The van der Waals surface area contributed by atoms with Gasteiger partial charge < -0.3 is 24.6 Å². The minimum absolute atomic E-state index is 0.0587. The number of carbonyl (C=O) groups is 3. The Balaban J connectivity index is 1.55. The average Bonchev–Trinajstić information content (AvgIpc) is 3.53. The van der Waals surface area contributed by atoms with Crippen LogP contribution in [0.25, 0.3) is 38.3 Å². The van der Waals surface area contributed by atoms with E-state index in [0.717, 1.165) is 0 Å². The number of ketones is 1. The first-order chi connectivity index (χ1) is 19.6. The van der Waals surface area contributed by atoms with Gasteiger partial charge in [0.25, 0.3) is 0 Å². The molecule has 0 unspecified atom stereocenters. The summed E-state index contributed by atoms with van der Waals surface area (Å²) < 4.78 is 27.5. The lowest BCUT2D eigenvalue weighted by Crippen LogP contribution is -2.30. The van der Waals surface area contributed by atoms with E-state index in [-0.39, 0.29) is 63.0 Å². The molecule has 0 spiro atoms. The van der Waals surface area contributed by atoms with E-state index >= 15 is 4.39 Å². The highest BCUT2D eigenvalue weighted by molar-refractivity contribution is 6.31. The predicted molar refractivity (Wildman–Crippen MR) is 151 cm³/mol. The Labute approximate surface area is 236 Å². The van der Waals surface area contributed by atoms with Gasteiger partial charge in [0, 0.05) is 34.6 Å². The van der Waals surface area contributed by atoms with Crippen molar-refractivity contribution in [2.45, 2.75) is 25.9 Å². The van der Waals surface area contributed by atoms with E-state index < -0.39 is 23.8 Å². The maximum Gasteiger partial charge on any atom is 0.353 e. The van der Waals surface area contributed by atoms with Crippen molar-refractivity contribution in [3.63, 3.8) is 0 Å². The van der Waals surface area contributed by atoms with Crippen molar-refractivity contribution in [3.05, 3.63) is 88.7 Å². The van der Waals surface area contributed by atoms with Crippen LogP contribution in [-0.4, -0.2) is 38.4 Å². The van der Waals surface area contributed by atoms with Crippen molar-refractivity contribution >= 4 is 67.7 Å². The molecule has 0 saturated heterocycles. The number of benzene rings is 2. The van der Waals surface area contributed by atoms with Gasteiger partial charge in [-0.3, -0.25) is 4.79 Å². The Hall–Kier alpha value is -4.80. The Kier molecular flexibility index (Phi) is 6.44. The van der Waals surface area contributed by atoms with Crippen molar-refractivity contribution in [3.8, 4) is 5.75 Å². The average molecular weight is 574 g/mol.